The van der Waals surface area contributed by atoms with Gasteiger partial charge in [0.1, 0.15) is 0 Å². The molecule has 0 aliphatic heterocycles. The van der Waals surface area contributed by atoms with Crippen molar-refractivity contribution in [3.05, 3.63) is 41.7 Å². The van der Waals surface area contributed by atoms with Crippen LogP contribution in [-0.4, -0.2) is 26.6 Å². The first-order valence-corrected chi connectivity index (χ1v) is 6.17. The molecule has 1 aromatic carbocycles. The Labute approximate surface area is 111 Å². The third-order valence-corrected chi connectivity index (χ3v) is 3.13. The van der Waals surface area contributed by atoms with Gasteiger partial charge >= 0.3 is 0 Å². The number of rotatable bonds is 2. The van der Waals surface area contributed by atoms with Crippen molar-refractivity contribution >= 4 is 11.5 Å². The van der Waals surface area contributed by atoms with E-state index in [1.54, 1.807) is 0 Å². The second-order valence-corrected chi connectivity index (χ2v) is 4.49. The number of benzene rings is 1. The highest BCUT2D eigenvalue weighted by Crippen LogP contribution is 2.26. The Morgan fingerprint density at radius 3 is 2.68 bits per heavy atom. The molecule has 2 aromatic heterocycles. The molecular weight excluding hydrogens is 238 g/mol. The fourth-order valence-electron chi connectivity index (χ4n) is 2.30. The lowest BCUT2D eigenvalue weighted by Crippen LogP contribution is -2.00. The smallest absolute Gasteiger partial charge is 0.255 e. The van der Waals surface area contributed by atoms with Crippen molar-refractivity contribution in [3.63, 3.8) is 0 Å². The normalized spacial score (nSPS) is 10.9. The van der Waals surface area contributed by atoms with Crippen molar-refractivity contribution in [3.8, 4) is 11.4 Å². The maximum atomic E-state index is 4.41. The number of hydrogen-bond acceptors (Lipinski definition) is 4. The van der Waals surface area contributed by atoms with Crippen LogP contribution in [0.4, 0.5) is 5.69 Å². The highest BCUT2D eigenvalue weighted by atomic mass is 15.3. The lowest BCUT2D eigenvalue weighted by atomic mass is 10.1. The minimum atomic E-state index is 0.637. The number of nitrogens with one attached hydrogen (secondary N) is 1. The van der Waals surface area contributed by atoms with Gasteiger partial charge in [0, 0.05) is 29.7 Å². The molecule has 0 saturated carbocycles. The first-order chi connectivity index (χ1) is 9.20. The average Bonchev–Trinajstić information content (AvgIpc) is 2.82. The zero-order valence-electron chi connectivity index (χ0n) is 11.2. The van der Waals surface area contributed by atoms with Crippen LogP contribution >= 0.6 is 0 Å². The third kappa shape index (κ3) is 1.83. The SMILES string of the molecule is CNc1ccccc1-c1nnc2nc(C)cc(C)n12. The summed E-state index contributed by atoms with van der Waals surface area (Å²) >= 11 is 0. The van der Waals surface area contributed by atoms with Crippen molar-refractivity contribution in [2.75, 3.05) is 12.4 Å². The van der Waals surface area contributed by atoms with Crippen LogP contribution in [0.3, 0.4) is 0 Å². The molecule has 0 aliphatic rings. The summed E-state index contributed by atoms with van der Waals surface area (Å²) < 4.78 is 1.98. The Kier molecular flexibility index (Phi) is 2.67. The molecule has 0 bridgehead atoms. The number of hydrogen-bond donors (Lipinski definition) is 1. The molecule has 19 heavy (non-hydrogen) atoms. The van der Waals surface area contributed by atoms with E-state index in [1.807, 2.05) is 55.6 Å². The van der Waals surface area contributed by atoms with Gasteiger partial charge in [-0.2, -0.15) is 0 Å². The molecule has 2 heterocycles. The van der Waals surface area contributed by atoms with Crippen LogP contribution in [0, 0.1) is 13.8 Å². The minimum absolute atomic E-state index is 0.637. The number of aryl methyl sites for hydroxylation is 2. The molecular formula is C14H15N5. The molecule has 5 nitrogen and oxygen atoms in total. The molecule has 3 rings (SSSR count). The summed E-state index contributed by atoms with van der Waals surface area (Å²) in [5, 5.41) is 11.6. The van der Waals surface area contributed by atoms with Crippen molar-refractivity contribution in [2.45, 2.75) is 13.8 Å². The minimum Gasteiger partial charge on any atom is -0.388 e. The molecule has 0 aliphatic carbocycles. The van der Waals surface area contributed by atoms with Gasteiger partial charge in [0.25, 0.3) is 5.78 Å². The molecule has 0 unspecified atom stereocenters. The van der Waals surface area contributed by atoms with Crippen LogP contribution < -0.4 is 5.32 Å². The average molecular weight is 253 g/mol. The Hall–Kier alpha value is -2.43. The van der Waals surface area contributed by atoms with E-state index in [4.69, 9.17) is 0 Å². The number of fused-ring (bicyclic) bond motifs is 1. The van der Waals surface area contributed by atoms with Gasteiger partial charge in [-0.3, -0.25) is 4.40 Å². The van der Waals surface area contributed by atoms with Crippen molar-refractivity contribution < 1.29 is 0 Å². The lowest BCUT2D eigenvalue weighted by Gasteiger charge is -2.08. The van der Waals surface area contributed by atoms with Gasteiger partial charge in [-0.15, -0.1) is 10.2 Å². The quantitative estimate of drug-likeness (QED) is 0.762. The van der Waals surface area contributed by atoms with Crippen LogP contribution in [0.15, 0.2) is 30.3 Å². The fraction of sp³-hybridized carbons (Fsp3) is 0.214. The van der Waals surface area contributed by atoms with E-state index >= 15 is 0 Å². The van der Waals surface area contributed by atoms with Crippen molar-refractivity contribution in [1.29, 1.82) is 0 Å². The van der Waals surface area contributed by atoms with Crippen LogP contribution in [-0.2, 0) is 0 Å². The largest absolute Gasteiger partial charge is 0.388 e. The van der Waals surface area contributed by atoms with E-state index < -0.39 is 0 Å². The van der Waals surface area contributed by atoms with Crippen molar-refractivity contribution in [1.82, 2.24) is 19.6 Å². The summed E-state index contributed by atoms with van der Waals surface area (Å²) in [5.41, 5.74) is 4.07. The summed E-state index contributed by atoms with van der Waals surface area (Å²) in [6.07, 6.45) is 0. The number of anilines is 1. The predicted octanol–water partition coefficient (Wildman–Crippen LogP) is 2.45. The topological polar surface area (TPSA) is 55.1 Å². The van der Waals surface area contributed by atoms with Gasteiger partial charge in [0.2, 0.25) is 0 Å². The van der Waals surface area contributed by atoms with Gasteiger partial charge < -0.3 is 5.32 Å². The van der Waals surface area contributed by atoms with Gasteiger partial charge in [-0.1, -0.05) is 12.1 Å². The van der Waals surface area contributed by atoms with Crippen molar-refractivity contribution in [2.24, 2.45) is 0 Å². The molecule has 0 radical (unpaired) electrons. The monoisotopic (exact) mass is 253 g/mol. The maximum absolute atomic E-state index is 4.41. The highest BCUT2D eigenvalue weighted by Gasteiger charge is 2.13. The summed E-state index contributed by atoms with van der Waals surface area (Å²) in [6, 6.07) is 10.1. The van der Waals surface area contributed by atoms with E-state index in [2.05, 4.69) is 20.5 Å². The molecule has 0 saturated heterocycles. The van der Waals surface area contributed by atoms with E-state index in [0.29, 0.717) is 5.78 Å². The van der Waals surface area contributed by atoms with E-state index in [1.165, 1.54) is 0 Å². The second kappa shape index (κ2) is 4.35. The second-order valence-electron chi connectivity index (χ2n) is 4.49. The third-order valence-electron chi connectivity index (χ3n) is 3.13. The predicted molar refractivity (Wildman–Crippen MR) is 75.2 cm³/mol. The van der Waals surface area contributed by atoms with Crippen LogP contribution in [0.5, 0.6) is 0 Å². The molecule has 0 spiro atoms. The Morgan fingerprint density at radius 1 is 1.11 bits per heavy atom. The summed E-state index contributed by atoms with van der Waals surface area (Å²) in [4.78, 5) is 4.41. The molecule has 5 heteroatoms. The zero-order chi connectivity index (χ0) is 13.4. The molecule has 0 fully saturated rings. The Balaban J connectivity index is 2.32. The molecule has 0 amide bonds. The highest BCUT2D eigenvalue weighted by molar-refractivity contribution is 5.74. The first-order valence-electron chi connectivity index (χ1n) is 6.17. The van der Waals surface area contributed by atoms with Crippen LogP contribution in [0.2, 0.25) is 0 Å². The zero-order valence-corrected chi connectivity index (χ0v) is 11.2. The molecule has 0 atom stereocenters. The van der Waals surface area contributed by atoms with Gasteiger partial charge in [-0.05, 0) is 32.0 Å². The lowest BCUT2D eigenvalue weighted by molar-refractivity contribution is 1.02. The number of aromatic nitrogens is 4. The van der Waals surface area contributed by atoms with Crippen LogP contribution in [0.25, 0.3) is 17.2 Å². The standard InChI is InChI=1S/C14H15N5/c1-9-8-10(2)19-13(17-18-14(19)16-9)11-6-4-5-7-12(11)15-3/h4-8,15H,1-3H3. The van der Waals surface area contributed by atoms with E-state index in [0.717, 1.165) is 28.5 Å². The molecule has 3 aromatic rings. The Bertz CT molecular complexity index is 745. The van der Waals surface area contributed by atoms with E-state index in [-0.39, 0.29) is 0 Å². The van der Waals surface area contributed by atoms with Gasteiger partial charge in [0.15, 0.2) is 5.82 Å². The first kappa shape index (κ1) is 11.6. The molecule has 96 valence electrons. The number of nitrogens with zero attached hydrogens (tertiary/aromatic N) is 4. The number of para-hydroxylation sites is 1. The van der Waals surface area contributed by atoms with Gasteiger partial charge in [0.05, 0.1) is 0 Å². The maximum Gasteiger partial charge on any atom is 0.255 e. The molecule has 1 N–H and O–H groups in total. The summed E-state index contributed by atoms with van der Waals surface area (Å²) in [7, 11) is 1.90. The summed E-state index contributed by atoms with van der Waals surface area (Å²) in [5.74, 6) is 1.45. The van der Waals surface area contributed by atoms with Crippen LogP contribution in [0.1, 0.15) is 11.4 Å². The summed E-state index contributed by atoms with van der Waals surface area (Å²) in [6.45, 7) is 4.00. The van der Waals surface area contributed by atoms with E-state index in [9.17, 15) is 0 Å². The fourth-order valence-corrected chi connectivity index (χ4v) is 2.30. The Morgan fingerprint density at radius 2 is 1.89 bits per heavy atom. The van der Waals surface area contributed by atoms with Gasteiger partial charge in [-0.25, -0.2) is 4.98 Å².